The lowest BCUT2D eigenvalue weighted by Crippen LogP contribution is -2.64. The average molecular weight is 413 g/mol. The number of fused-ring (bicyclic) bond motifs is 2. The zero-order chi connectivity index (χ0) is 21.0. The van der Waals surface area contributed by atoms with E-state index in [4.69, 9.17) is 0 Å². The van der Waals surface area contributed by atoms with Gasteiger partial charge < -0.3 is 10.4 Å². The molecule has 2 aliphatic rings. The molecule has 5 rings (SSSR count). The molecule has 0 saturated carbocycles. The number of piperazine rings is 1. The van der Waals surface area contributed by atoms with Crippen molar-refractivity contribution in [3.63, 3.8) is 0 Å². The molecule has 3 aromatic carbocycles. The summed E-state index contributed by atoms with van der Waals surface area (Å²) in [5.41, 5.74) is 3.79. The normalized spacial score (nSPS) is 26.5. The Morgan fingerprint density at radius 2 is 1.32 bits per heavy atom. The third-order valence-electron chi connectivity index (χ3n) is 7.16. The number of aliphatic hydroxyl groups excluding tert-OH is 1. The van der Waals surface area contributed by atoms with Gasteiger partial charge in [-0.25, -0.2) is 0 Å². The zero-order valence-electron chi connectivity index (χ0n) is 18.0. The Morgan fingerprint density at radius 1 is 0.774 bits per heavy atom. The SMILES string of the molecule is OC(CC1CN[C@H]2CC[C@@H](C(c3ccccc3)c3ccccc3)[N@@]1C2)c1ccccc1. The molecule has 2 aliphatic heterocycles. The van der Waals surface area contributed by atoms with Gasteiger partial charge in [-0.05, 0) is 36.0 Å². The second-order valence-corrected chi connectivity index (χ2v) is 9.06. The summed E-state index contributed by atoms with van der Waals surface area (Å²) in [6.07, 6.45) is 2.71. The summed E-state index contributed by atoms with van der Waals surface area (Å²) in [6, 6.07) is 33.4. The van der Waals surface area contributed by atoms with Crippen molar-refractivity contribution < 1.29 is 5.11 Å². The fraction of sp³-hybridized carbons (Fsp3) is 0.357. The van der Waals surface area contributed by atoms with E-state index in [0.717, 1.165) is 25.1 Å². The van der Waals surface area contributed by atoms with Gasteiger partial charge in [-0.3, -0.25) is 4.90 Å². The van der Waals surface area contributed by atoms with E-state index in [-0.39, 0.29) is 0 Å². The van der Waals surface area contributed by atoms with Crippen molar-refractivity contribution in [3.8, 4) is 0 Å². The highest BCUT2D eigenvalue weighted by molar-refractivity contribution is 5.35. The summed E-state index contributed by atoms with van der Waals surface area (Å²) >= 11 is 0. The van der Waals surface area contributed by atoms with Crippen LogP contribution < -0.4 is 5.32 Å². The van der Waals surface area contributed by atoms with Crippen molar-refractivity contribution >= 4 is 0 Å². The third-order valence-corrected chi connectivity index (χ3v) is 7.16. The van der Waals surface area contributed by atoms with E-state index in [0.29, 0.717) is 24.0 Å². The first-order valence-electron chi connectivity index (χ1n) is 11.6. The highest BCUT2D eigenvalue weighted by Crippen LogP contribution is 2.39. The Morgan fingerprint density at radius 3 is 1.90 bits per heavy atom. The minimum Gasteiger partial charge on any atom is -0.388 e. The van der Waals surface area contributed by atoms with Crippen LogP contribution in [0.1, 0.15) is 48.0 Å². The Kier molecular flexibility index (Phi) is 6.17. The molecule has 0 radical (unpaired) electrons. The monoisotopic (exact) mass is 412 g/mol. The van der Waals surface area contributed by atoms with E-state index in [9.17, 15) is 5.11 Å². The summed E-state index contributed by atoms with van der Waals surface area (Å²) in [7, 11) is 0. The molecule has 31 heavy (non-hydrogen) atoms. The van der Waals surface area contributed by atoms with Crippen molar-refractivity contribution in [3.05, 3.63) is 108 Å². The molecule has 2 fully saturated rings. The molecule has 0 aliphatic carbocycles. The molecule has 3 heteroatoms. The lowest BCUT2D eigenvalue weighted by molar-refractivity contribution is 0.00698. The van der Waals surface area contributed by atoms with E-state index in [1.54, 1.807) is 0 Å². The molecule has 0 amide bonds. The third kappa shape index (κ3) is 4.45. The topological polar surface area (TPSA) is 35.5 Å². The first-order chi connectivity index (χ1) is 15.3. The van der Waals surface area contributed by atoms with E-state index in [1.807, 2.05) is 30.3 Å². The van der Waals surface area contributed by atoms with Gasteiger partial charge in [-0.1, -0.05) is 91.0 Å². The van der Waals surface area contributed by atoms with Crippen LogP contribution in [-0.2, 0) is 0 Å². The molecule has 160 valence electrons. The second-order valence-electron chi connectivity index (χ2n) is 9.06. The van der Waals surface area contributed by atoms with E-state index >= 15 is 0 Å². The number of hydrogen-bond donors (Lipinski definition) is 2. The van der Waals surface area contributed by atoms with E-state index in [2.05, 4.69) is 70.9 Å². The van der Waals surface area contributed by atoms with Crippen LogP contribution in [0.3, 0.4) is 0 Å². The summed E-state index contributed by atoms with van der Waals surface area (Å²) < 4.78 is 0. The fourth-order valence-electron chi connectivity index (χ4n) is 5.63. The number of nitrogens with zero attached hydrogens (tertiary/aromatic N) is 1. The molecular formula is C28H32N2O. The number of nitrogens with one attached hydrogen (secondary N) is 1. The van der Waals surface area contributed by atoms with Crippen molar-refractivity contribution in [2.45, 2.75) is 49.4 Å². The van der Waals surface area contributed by atoms with Gasteiger partial charge in [0, 0.05) is 37.1 Å². The van der Waals surface area contributed by atoms with Crippen LogP contribution in [-0.4, -0.2) is 41.2 Å². The van der Waals surface area contributed by atoms with Gasteiger partial charge in [0.1, 0.15) is 0 Å². The molecule has 2 saturated heterocycles. The molecule has 0 aromatic heterocycles. The van der Waals surface area contributed by atoms with E-state index in [1.165, 1.54) is 24.0 Å². The number of piperidine rings is 1. The van der Waals surface area contributed by atoms with Gasteiger partial charge in [0.25, 0.3) is 0 Å². The molecular weight excluding hydrogens is 380 g/mol. The zero-order valence-corrected chi connectivity index (χ0v) is 18.0. The summed E-state index contributed by atoms with van der Waals surface area (Å²) in [4.78, 5) is 2.71. The standard InChI is InChI=1S/C28H32N2O/c31-27(21-10-4-1-5-11-21)18-25-19-29-24-16-17-26(30(25)20-24)28(22-12-6-2-7-13-22)23-14-8-3-9-15-23/h1-15,24-29,31H,16-20H2/t24-,25?,26-,27?/m0/s1. The largest absolute Gasteiger partial charge is 0.388 e. The molecule has 5 atom stereocenters. The molecule has 3 aromatic rings. The minimum atomic E-state index is -0.431. The van der Waals surface area contributed by atoms with Crippen LogP contribution in [0.15, 0.2) is 91.0 Å². The van der Waals surface area contributed by atoms with Gasteiger partial charge in [0.15, 0.2) is 0 Å². The fourth-order valence-corrected chi connectivity index (χ4v) is 5.63. The maximum atomic E-state index is 11.0. The Labute approximate surface area is 185 Å². The molecule has 2 bridgehead atoms. The van der Waals surface area contributed by atoms with Crippen LogP contribution in [0.25, 0.3) is 0 Å². The van der Waals surface area contributed by atoms with Crippen LogP contribution in [0, 0.1) is 0 Å². The summed E-state index contributed by atoms with van der Waals surface area (Å²) in [5.74, 6) is 0.345. The summed E-state index contributed by atoms with van der Waals surface area (Å²) in [6.45, 7) is 2.01. The summed E-state index contributed by atoms with van der Waals surface area (Å²) in [5, 5.41) is 14.7. The van der Waals surface area contributed by atoms with Crippen molar-refractivity contribution in [1.82, 2.24) is 10.2 Å². The van der Waals surface area contributed by atoms with Gasteiger partial charge in [0.2, 0.25) is 0 Å². The van der Waals surface area contributed by atoms with Gasteiger partial charge in [-0.15, -0.1) is 0 Å². The number of aliphatic hydroxyl groups is 1. The maximum Gasteiger partial charge on any atom is 0.0805 e. The molecule has 0 spiro atoms. The van der Waals surface area contributed by atoms with Crippen LogP contribution >= 0.6 is 0 Å². The predicted molar refractivity (Wildman–Crippen MR) is 126 cm³/mol. The Hall–Kier alpha value is -2.46. The van der Waals surface area contributed by atoms with Gasteiger partial charge >= 0.3 is 0 Å². The molecule has 2 unspecified atom stereocenters. The van der Waals surface area contributed by atoms with Gasteiger partial charge in [-0.2, -0.15) is 0 Å². The highest BCUT2D eigenvalue weighted by atomic mass is 16.3. The predicted octanol–water partition coefficient (Wildman–Crippen LogP) is 4.75. The van der Waals surface area contributed by atoms with Crippen LogP contribution in [0.5, 0.6) is 0 Å². The Bertz CT molecular complexity index is 907. The second kappa shape index (κ2) is 9.35. The average Bonchev–Trinajstić information content (AvgIpc) is 2.84. The minimum absolute atomic E-state index is 0.326. The van der Waals surface area contributed by atoms with Crippen molar-refractivity contribution in [2.24, 2.45) is 0 Å². The molecule has 3 nitrogen and oxygen atoms in total. The lowest BCUT2D eigenvalue weighted by Gasteiger charge is -2.51. The smallest absolute Gasteiger partial charge is 0.0805 e. The lowest BCUT2D eigenvalue weighted by atomic mass is 9.78. The van der Waals surface area contributed by atoms with Gasteiger partial charge in [0.05, 0.1) is 6.10 Å². The maximum absolute atomic E-state index is 11.0. The van der Waals surface area contributed by atoms with E-state index < -0.39 is 6.10 Å². The number of benzene rings is 3. The van der Waals surface area contributed by atoms with Crippen LogP contribution in [0.2, 0.25) is 0 Å². The Balaban J connectivity index is 1.45. The first-order valence-corrected chi connectivity index (χ1v) is 11.6. The van der Waals surface area contributed by atoms with Crippen molar-refractivity contribution in [2.75, 3.05) is 13.1 Å². The van der Waals surface area contributed by atoms with Crippen molar-refractivity contribution in [1.29, 1.82) is 0 Å². The highest BCUT2D eigenvalue weighted by Gasteiger charge is 2.41. The molecule has 2 heterocycles. The number of hydrogen-bond acceptors (Lipinski definition) is 3. The number of rotatable bonds is 6. The first kappa shape index (κ1) is 20.4. The van der Waals surface area contributed by atoms with Crippen LogP contribution in [0.4, 0.5) is 0 Å². The quantitative estimate of drug-likeness (QED) is 0.613. The molecule has 2 N–H and O–H groups in total.